The molecular formula is C11H5BrF2O2. The van der Waals surface area contributed by atoms with E-state index in [9.17, 15) is 13.6 Å². The van der Waals surface area contributed by atoms with Crippen molar-refractivity contribution in [3.63, 3.8) is 0 Å². The van der Waals surface area contributed by atoms with Crippen LogP contribution in [0.4, 0.5) is 8.78 Å². The first-order chi connectivity index (χ1) is 7.61. The molecule has 0 unspecified atom stereocenters. The summed E-state index contributed by atoms with van der Waals surface area (Å²) in [5.41, 5.74) is -0.351. The Hall–Kier alpha value is -1.49. The minimum absolute atomic E-state index is 0.0514. The summed E-state index contributed by atoms with van der Waals surface area (Å²) in [5, 5.41) is 0. The lowest BCUT2D eigenvalue weighted by molar-refractivity contribution is 0.100. The van der Waals surface area contributed by atoms with Crippen LogP contribution >= 0.6 is 15.9 Å². The first-order valence-electron chi connectivity index (χ1n) is 4.33. The van der Waals surface area contributed by atoms with Crippen molar-refractivity contribution in [2.75, 3.05) is 0 Å². The summed E-state index contributed by atoms with van der Waals surface area (Å²) in [7, 11) is 0. The van der Waals surface area contributed by atoms with Crippen LogP contribution in [0, 0.1) is 11.6 Å². The Morgan fingerprint density at radius 2 is 2.00 bits per heavy atom. The highest BCUT2D eigenvalue weighted by molar-refractivity contribution is 9.10. The second kappa shape index (κ2) is 4.17. The number of carbonyl (C=O) groups excluding carboxylic acids is 1. The van der Waals surface area contributed by atoms with E-state index in [0.29, 0.717) is 4.47 Å². The predicted molar refractivity (Wildman–Crippen MR) is 56.2 cm³/mol. The van der Waals surface area contributed by atoms with Crippen LogP contribution in [0.25, 0.3) is 0 Å². The van der Waals surface area contributed by atoms with Gasteiger partial charge in [-0.3, -0.25) is 4.79 Å². The fourth-order valence-electron chi connectivity index (χ4n) is 1.26. The van der Waals surface area contributed by atoms with Gasteiger partial charge in [0.1, 0.15) is 0 Å². The van der Waals surface area contributed by atoms with Crippen LogP contribution < -0.4 is 0 Å². The van der Waals surface area contributed by atoms with E-state index in [1.807, 2.05) is 0 Å². The average molecular weight is 287 g/mol. The van der Waals surface area contributed by atoms with Gasteiger partial charge in [-0.25, -0.2) is 8.78 Å². The molecule has 0 saturated heterocycles. The van der Waals surface area contributed by atoms with E-state index in [1.165, 1.54) is 24.5 Å². The van der Waals surface area contributed by atoms with Crippen molar-refractivity contribution < 1.29 is 18.0 Å². The highest BCUT2D eigenvalue weighted by atomic mass is 79.9. The van der Waals surface area contributed by atoms with Crippen LogP contribution in [0.3, 0.4) is 0 Å². The van der Waals surface area contributed by atoms with E-state index < -0.39 is 17.4 Å². The fraction of sp³-hybridized carbons (Fsp3) is 0. The molecule has 0 bridgehead atoms. The lowest BCUT2D eigenvalue weighted by atomic mass is 10.1. The van der Waals surface area contributed by atoms with Crippen molar-refractivity contribution >= 4 is 21.7 Å². The summed E-state index contributed by atoms with van der Waals surface area (Å²) in [6.45, 7) is 0. The molecule has 2 rings (SSSR count). The maximum atomic E-state index is 13.3. The number of rotatable bonds is 2. The van der Waals surface area contributed by atoms with Crippen LogP contribution in [0.2, 0.25) is 0 Å². The lowest BCUT2D eigenvalue weighted by Gasteiger charge is -2.01. The first-order valence-corrected chi connectivity index (χ1v) is 5.12. The van der Waals surface area contributed by atoms with E-state index >= 15 is 0 Å². The van der Waals surface area contributed by atoms with Crippen LogP contribution in [-0.4, -0.2) is 5.78 Å². The molecule has 0 radical (unpaired) electrons. The van der Waals surface area contributed by atoms with Crippen molar-refractivity contribution in [2.45, 2.75) is 0 Å². The summed E-state index contributed by atoms with van der Waals surface area (Å²) in [4.78, 5) is 11.8. The quantitative estimate of drug-likeness (QED) is 0.791. The molecule has 5 heteroatoms. The van der Waals surface area contributed by atoms with E-state index in [0.717, 1.165) is 6.07 Å². The molecule has 0 amide bonds. The second-order valence-electron chi connectivity index (χ2n) is 3.03. The third-order valence-corrected chi connectivity index (χ3v) is 2.64. The smallest absolute Gasteiger partial charge is 0.232 e. The average Bonchev–Trinajstić information content (AvgIpc) is 2.68. The van der Waals surface area contributed by atoms with Gasteiger partial charge in [0.15, 0.2) is 17.4 Å². The Balaban J connectivity index is 2.50. The summed E-state index contributed by atoms with van der Waals surface area (Å²) in [5.74, 6) is -2.98. The van der Waals surface area contributed by atoms with Gasteiger partial charge in [-0.1, -0.05) is 6.07 Å². The summed E-state index contributed by atoms with van der Waals surface area (Å²) >= 11 is 3.08. The molecule has 0 aliphatic carbocycles. The fourth-order valence-corrected chi connectivity index (χ4v) is 1.64. The third-order valence-electron chi connectivity index (χ3n) is 2.02. The summed E-state index contributed by atoms with van der Waals surface area (Å²) in [6.07, 6.45) is 1.29. The van der Waals surface area contributed by atoms with Crippen LogP contribution in [0.1, 0.15) is 16.1 Å². The number of benzene rings is 1. The Morgan fingerprint density at radius 3 is 2.62 bits per heavy atom. The van der Waals surface area contributed by atoms with E-state index in [-0.39, 0.29) is 11.3 Å². The lowest BCUT2D eigenvalue weighted by Crippen LogP contribution is -2.05. The highest BCUT2D eigenvalue weighted by Gasteiger charge is 2.21. The number of carbonyl (C=O) groups is 1. The van der Waals surface area contributed by atoms with Gasteiger partial charge >= 0.3 is 0 Å². The van der Waals surface area contributed by atoms with Gasteiger partial charge in [0, 0.05) is 0 Å². The molecule has 0 saturated carbocycles. The molecule has 2 nitrogen and oxygen atoms in total. The van der Waals surface area contributed by atoms with Gasteiger partial charge < -0.3 is 4.42 Å². The number of hydrogen-bond donors (Lipinski definition) is 0. The van der Waals surface area contributed by atoms with Gasteiger partial charge in [-0.15, -0.1) is 0 Å². The van der Waals surface area contributed by atoms with Gasteiger partial charge in [0.25, 0.3) is 0 Å². The number of hydrogen-bond acceptors (Lipinski definition) is 2. The number of ketones is 1. The van der Waals surface area contributed by atoms with Crippen molar-refractivity contribution in [1.82, 2.24) is 0 Å². The second-order valence-corrected chi connectivity index (χ2v) is 3.88. The number of halogens is 3. The van der Waals surface area contributed by atoms with Gasteiger partial charge in [0.05, 0.1) is 16.3 Å². The van der Waals surface area contributed by atoms with Crippen molar-refractivity contribution in [2.24, 2.45) is 0 Å². The van der Waals surface area contributed by atoms with Crippen molar-refractivity contribution in [3.8, 4) is 0 Å². The monoisotopic (exact) mass is 286 g/mol. The van der Waals surface area contributed by atoms with Gasteiger partial charge in [0.2, 0.25) is 5.78 Å². The summed E-state index contributed by atoms with van der Waals surface area (Å²) < 4.78 is 31.5. The minimum Gasteiger partial charge on any atom is -0.460 e. The molecule has 0 aliphatic rings. The van der Waals surface area contributed by atoms with E-state index in [2.05, 4.69) is 15.9 Å². The molecule has 2 aromatic rings. The standard InChI is InChI=1S/C11H5BrF2O2/c12-7-4-5-16-11(7)10(15)6-2-1-3-8(13)9(6)14/h1-5H. The maximum absolute atomic E-state index is 13.3. The first kappa shape index (κ1) is 11.0. The molecule has 0 atom stereocenters. The largest absolute Gasteiger partial charge is 0.460 e. The molecule has 16 heavy (non-hydrogen) atoms. The van der Waals surface area contributed by atoms with Crippen LogP contribution in [-0.2, 0) is 0 Å². The topological polar surface area (TPSA) is 30.2 Å². The minimum atomic E-state index is -1.17. The van der Waals surface area contributed by atoms with Crippen LogP contribution in [0.15, 0.2) is 39.4 Å². The Bertz CT molecular complexity index is 549. The normalized spacial score (nSPS) is 10.4. The predicted octanol–water partition coefficient (Wildman–Crippen LogP) is 3.55. The van der Waals surface area contributed by atoms with Gasteiger partial charge in [-0.05, 0) is 34.1 Å². The van der Waals surface area contributed by atoms with Crippen LogP contribution in [0.5, 0.6) is 0 Å². The zero-order chi connectivity index (χ0) is 11.7. The SMILES string of the molecule is O=C(c1cccc(F)c1F)c1occc1Br. The highest BCUT2D eigenvalue weighted by Crippen LogP contribution is 2.23. The summed E-state index contributed by atoms with van der Waals surface area (Å²) in [6, 6.07) is 4.92. The third kappa shape index (κ3) is 1.78. The number of furan rings is 1. The molecule has 1 heterocycles. The molecule has 0 fully saturated rings. The zero-order valence-electron chi connectivity index (χ0n) is 7.84. The van der Waals surface area contributed by atoms with E-state index in [1.54, 1.807) is 0 Å². The molecule has 82 valence electrons. The Labute approximate surface area is 98.0 Å². The molecule has 0 aliphatic heterocycles. The van der Waals surface area contributed by atoms with E-state index in [4.69, 9.17) is 4.42 Å². The Kier molecular flexibility index (Phi) is 2.87. The molecule has 1 aromatic heterocycles. The molecule has 0 spiro atoms. The van der Waals surface area contributed by atoms with Gasteiger partial charge in [-0.2, -0.15) is 0 Å². The molecule has 0 N–H and O–H groups in total. The zero-order valence-corrected chi connectivity index (χ0v) is 9.42. The molecular weight excluding hydrogens is 282 g/mol. The molecule has 1 aromatic carbocycles. The Morgan fingerprint density at radius 1 is 1.25 bits per heavy atom. The van der Waals surface area contributed by atoms with Crippen molar-refractivity contribution in [3.05, 3.63) is 58.0 Å². The van der Waals surface area contributed by atoms with Crippen molar-refractivity contribution in [1.29, 1.82) is 0 Å². The maximum Gasteiger partial charge on any atom is 0.232 e.